The van der Waals surface area contributed by atoms with Crippen molar-refractivity contribution in [2.24, 2.45) is 0 Å². The lowest BCUT2D eigenvalue weighted by Gasteiger charge is -1.97. The van der Waals surface area contributed by atoms with Gasteiger partial charge in [-0.25, -0.2) is 0 Å². The van der Waals surface area contributed by atoms with E-state index in [1.807, 2.05) is 0 Å². The van der Waals surface area contributed by atoms with Gasteiger partial charge < -0.3 is 9.90 Å². The zero-order valence-corrected chi connectivity index (χ0v) is 6.95. The molecule has 0 radical (unpaired) electrons. The maximum absolute atomic E-state index is 10.1. The molecule has 1 aromatic heterocycles. The molecular weight excluding hydrogens is 178 g/mol. The van der Waals surface area contributed by atoms with Crippen molar-refractivity contribution in [1.29, 1.82) is 0 Å². The third-order valence-electron chi connectivity index (χ3n) is 1.14. The maximum Gasteiger partial charge on any atom is 0.291 e. The van der Waals surface area contributed by atoms with Crippen LogP contribution in [0.1, 0.15) is 0 Å². The van der Waals surface area contributed by atoms with E-state index in [1.54, 1.807) is 18.2 Å². The molecule has 0 aliphatic heterocycles. The van der Waals surface area contributed by atoms with Crippen molar-refractivity contribution in [2.45, 2.75) is 5.03 Å². The summed E-state index contributed by atoms with van der Waals surface area (Å²) < 4.78 is 0.869. The maximum atomic E-state index is 10.1. The summed E-state index contributed by atoms with van der Waals surface area (Å²) in [5.41, 5.74) is 0. The van der Waals surface area contributed by atoms with Crippen molar-refractivity contribution in [3.63, 3.8) is 0 Å². The number of nitrogens with zero attached hydrogens (tertiary/aromatic N) is 1. The number of carboxylic acid groups (broad SMARTS) is 1. The molecular formula is C7H7NO3S. The number of aliphatic carboxylic acids is 1. The zero-order chi connectivity index (χ0) is 8.97. The van der Waals surface area contributed by atoms with E-state index >= 15 is 0 Å². The first-order valence-corrected chi connectivity index (χ1v) is 4.21. The third kappa shape index (κ3) is 2.43. The molecule has 0 aromatic carbocycles. The van der Waals surface area contributed by atoms with Gasteiger partial charge in [-0.15, -0.1) is 0 Å². The topological polar surface area (TPSA) is 64.2 Å². The lowest BCUT2D eigenvalue weighted by Crippen LogP contribution is -2.33. The van der Waals surface area contributed by atoms with E-state index < -0.39 is 5.97 Å². The molecule has 0 amide bonds. The molecule has 0 bridgehead atoms. The number of aromatic nitrogens is 1. The molecule has 0 atom stereocenters. The van der Waals surface area contributed by atoms with Crippen LogP contribution in [-0.2, 0) is 4.79 Å². The molecule has 0 aliphatic carbocycles. The summed E-state index contributed by atoms with van der Waals surface area (Å²) in [6.45, 7) is 0. The Kier molecular flexibility index (Phi) is 2.93. The molecule has 1 heterocycles. The largest absolute Gasteiger partial charge is 0.549 e. The number of carbonyl (C=O) groups is 1. The number of hydrogen-bond acceptors (Lipinski definition) is 4. The van der Waals surface area contributed by atoms with Crippen molar-refractivity contribution < 1.29 is 19.8 Å². The van der Waals surface area contributed by atoms with Crippen LogP contribution in [0.3, 0.4) is 0 Å². The fraction of sp³-hybridized carbons (Fsp3) is 0.143. The van der Waals surface area contributed by atoms with E-state index in [2.05, 4.69) is 0 Å². The molecule has 1 rings (SSSR count). The second-order valence-electron chi connectivity index (χ2n) is 2.04. The molecule has 0 aliphatic rings. The Bertz CT molecular complexity index is 290. The van der Waals surface area contributed by atoms with Crippen LogP contribution in [0.4, 0.5) is 0 Å². The van der Waals surface area contributed by atoms with Crippen LogP contribution in [0.25, 0.3) is 0 Å². The van der Waals surface area contributed by atoms with E-state index in [-0.39, 0.29) is 5.75 Å². The van der Waals surface area contributed by atoms with E-state index in [9.17, 15) is 9.90 Å². The van der Waals surface area contributed by atoms with Crippen molar-refractivity contribution in [3.05, 3.63) is 24.4 Å². The average Bonchev–Trinajstić information content (AvgIpc) is 2.03. The highest BCUT2D eigenvalue weighted by Crippen LogP contribution is 2.10. The number of rotatable bonds is 3. The first-order valence-electron chi connectivity index (χ1n) is 3.23. The van der Waals surface area contributed by atoms with Gasteiger partial charge in [-0.05, 0) is 17.8 Å². The smallest absolute Gasteiger partial charge is 0.291 e. The molecule has 0 fully saturated rings. The Hall–Kier alpha value is -1.23. The first-order chi connectivity index (χ1) is 5.70. The van der Waals surface area contributed by atoms with Crippen LogP contribution in [0.2, 0.25) is 0 Å². The van der Waals surface area contributed by atoms with E-state index in [0.717, 1.165) is 16.5 Å². The van der Waals surface area contributed by atoms with Crippen LogP contribution in [-0.4, -0.2) is 16.9 Å². The van der Waals surface area contributed by atoms with Gasteiger partial charge in [0.25, 0.3) is 5.03 Å². The predicted molar refractivity (Wildman–Crippen MR) is 39.6 cm³/mol. The highest BCUT2D eigenvalue weighted by Gasteiger charge is 2.07. The average molecular weight is 185 g/mol. The lowest BCUT2D eigenvalue weighted by molar-refractivity contribution is -0.932. The van der Waals surface area contributed by atoms with Crippen molar-refractivity contribution in [1.82, 2.24) is 0 Å². The second kappa shape index (κ2) is 3.96. The number of thioether (sulfide) groups is 1. The van der Waals surface area contributed by atoms with Gasteiger partial charge in [-0.3, -0.25) is 5.21 Å². The number of hydrogen-bond donors (Lipinski definition) is 1. The molecule has 64 valence electrons. The quantitative estimate of drug-likeness (QED) is 0.375. The van der Waals surface area contributed by atoms with Gasteiger partial charge in [0.15, 0.2) is 0 Å². The number of pyridine rings is 1. The summed E-state index contributed by atoms with van der Waals surface area (Å²) in [6, 6.07) is 4.97. The van der Waals surface area contributed by atoms with Crippen LogP contribution < -0.4 is 9.84 Å². The Morgan fingerprint density at radius 1 is 1.67 bits per heavy atom. The van der Waals surface area contributed by atoms with Gasteiger partial charge in [-0.2, -0.15) is 0 Å². The van der Waals surface area contributed by atoms with E-state index in [4.69, 9.17) is 5.21 Å². The summed E-state index contributed by atoms with van der Waals surface area (Å²) in [5, 5.41) is 19.6. The molecule has 0 saturated carbocycles. The molecule has 1 aromatic rings. The highest BCUT2D eigenvalue weighted by atomic mass is 32.2. The summed E-state index contributed by atoms with van der Waals surface area (Å²) >= 11 is 1.01. The van der Waals surface area contributed by atoms with Gasteiger partial charge in [0.1, 0.15) is 0 Å². The van der Waals surface area contributed by atoms with Crippen LogP contribution in [0.15, 0.2) is 29.4 Å². The monoisotopic (exact) mass is 185 g/mol. The molecule has 0 spiro atoms. The first kappa shape index (κ1) is 8.86. The minimum absolute atomic E-state index is 0.162. The molecule has 0 saturated heterocycles. The highest BCUT2D eigenvalue weighted by molar-refractivity contribution is 7.99. The minimum atomic E-state index is -1.15. The van der Waals surface area contributed by atoms with Gasteiger partial charge in [0.2, 0.25) is 6.20 Å². The van der Waals surface area contributed by atoms with Crippen LogP contribution >= 0.6 is 11.8 Å². The second-order valence-corrected chi connectivity index (χ2v) is 3.04. The van der Waals surface area contributed by atoms with Gasteiger partial charge in [-0.1, -0.05) is 0 Å². The van der Waals surface area contributed by atoms with E-state index in [1.165, 1.54) is 6.20 Å². The fourth-order valence-corrected chi connectivity index (χ4v) is 1.30. The van der Waals surface area contributed by atoms with Crippen LogP contribution in [0.5, 0.6) is 0 Å². The summed E-state index contributed by atoms with van der Waals surface area (Å²) in [4.78, 5) is 10.1. The number of carbonyl (C=O) groups excluding carboxylic acids is 1. The van der Waals surface area contributed by atoms with Crippen molar-refractivity contribution >= 4 is 17.7 Å². The van der Waals surface area contributed by atoms with E-state index in [0.29, 0.717) is 5.03 Å². The molecule has 4 nitrogen and oxygen atoms in total. The van der Waals surface area contributed by atoms with Gasteiger partial charge in [0.05, 0.1) is 5.97 Å². The van der Waals surface area contributed by atoms with Gasteiger partial charge in [0, 0.05) is 22.6 Å². The van der Waals surface area contributed by atoms with Crippen molar-refractivity contribution in [2.75, 3.05) is 5.75 Å². The normalized spacial score (nSPS) is 9.67. The molecule has 5 heteroatoms. The standard InChI is InChI=1S/C7H7NO3S/c9-7(10)5-12-6-3-1-2-4-8(6)11/h1-4H,5H2,(H-,9,10,11). The molecule has 1 N–H and O–H groups in total. The summed E-state index contributed by atoms with van der Waals surface area (Å²) in [5.74, 6) is -1.31. The van der Waals surface area contributed by atoms with Crippen molar-refractivity contribution in [3.8, 4) is 0 Å². The minimum Gasteiger partial charge on any atom is -0.549 e. The molecule has 0 unspecified atom stereocenters. The Labute approximate surface area is 73.4 Å². The Balaban J connectivity index is 2.63. The number of carboxylic acids is 1. The third-order valence-corrected chi connectivity index (χ3v) is 2.14. The Morgan fingerprint density at radius 2 is 2.42 bits per heavy atom. The summed E-state index contributed by atoms with van der Waals surface area (Å²) in [7, 11) is 0. The zero-order valence-electron chi connectivity index (χ0n) is 6.14. The van der Waals surface area contributed by atoms with Gasteiger partial charge >= 0.3 is 0 Å². The Morgan fingerprint density at radius 3 is 3.00 bits per heavy atom. The fourth-order valence-electron chi connectivity index (χ4n) is 0.666. The van der Waals surface area contributed by atoms with Crippen LogP contribution in [0, 0.1) is 0 Å². The lowest BCUT2D eigenvalue weighted by atomic mass is 10.5. The predicted octanol–water partition coefficient (Wildman–Crippen LogP) is -0.947. The summed E-state index contributed by atoms with van der Waals surface area (Å²) in [6.07, 6.45) is 1.43. The molecule has 12 heavy (non-hydrogen) atoms. The SMILES string of the molecule is O=C([O-])CSc1cccc[n+]1O.